The van der Waals surface area contributed by atoms with Crippen molar-refractivity contribution in [3.63, 3.8) is 0 Å². The minimum Gasteiger partial charge on any atom is -0.496 e. The van der Waals surface area contributed by atoms with E-state index in [4.69, 9.17) is 4.74 Å². The zero-order chi connectivity index (χ0) is 25.1. The van der Waals surface area contributed by atoms with Crippen LogP contribution in [-0.2, 0) is 11.3 Å². The zero-order valence-electron chi connectivity index (χ0n) is 20.9. The van der Waals surface area contributed by atoms with E-state index in [-0.39, 0.29) is 36.1 Å². The average molecular weight is 494 g/mol. The van der Waals surface area contributed by atoms with Crippen molar-refractivity contribution in [3.05, 3.63) is 59.3 Å². The number of nitrogens with zero attached hydrogens (tertiary/aromatic N) is 1. The molecule has 1 aliphatic heterocycles. The van der Waals surface area contributed by atoms with E-state index in [0.717, 1.165) is 64.8 Å². The lowest BCUT2D eigenvalue weighted by atomic mass is 9.59. The minimum atomic E-state index is -2.54. The number of hydrogen-bond acceptors (Lipinski definition) is 3. The number of aromatic amines is 1. The number of carbonyl (C=O) groups is 1. The largest absolute Gasteiger partial charge is 0.496 e. The Hall–Kier alpha value is -2.93. The quantitative estimate of drug-likeness (QED) is 0.408. The van der Waals surface area contributed by atoms with Gasteiger partial charge in [-0.05, 0) is 80.0 Å². The molecule has 7 heteroatoms. The van der Waals surface area contributed by atoms with Gasteiger partial charge in [0.1, 0.15) is 5.75 Å². The number of alkyl halides is 2. The van der Waals surface area contributed by atoms with Gasteiger partial charge in [0.05, 0.1) is 7.11 Å². The first-order valence-corrected chi connectivity index (χ1v) is 12.9. The lowest BCUT2D eigenvalue weighted by Crippen LogP contribution is -2.53. The van der Waals surface area contributed by atoms with Gasteiger partial charge in [-0.2, -0.15) is 0 Å². The molecule has 2 N–H and O–H groups in total. The Bertz CT molecular complexity index is 1290. The topological polar surface area (TPSA) is 57.4 Å². The third-order valence-corrected chi connectivity index (χ3v) is 8.47. The third kappa shape index (κ3) is 4.27. The van der Waals surface area contributed by atoms with E-state index in [9.17, 15) is 13.6 Å². The fourth-order valence-electron chi connectivity index (χ4n) is 6.43. The Balaban J connectivity index is 1.30. The van der Waals surface area contributed by atoms with E-state index in [1.807, 2.05) is 30.5 Å². The van der Waals surface area contributed by atoms with E-state index in [0.29, 0.717) is 13.0 Å². The number of anilines is 1. The molecular weight excluding hydrogens is 460 g/mol. The normalized spacial score (nSPS) is 22.9. The Labute approximate surface area is 210 Å². The Morgan fingerprint density at radius 1 is 1.19 bits per heavy atom. The van der Waals surface area contributed by atoms with Gasteiger partial charge in [-0.25, -0.2) is 8.78 Å². The molecule has 5 nitrogen and oxygen atoms in total. The molecule has 2 aliphatic carbocycles. The highest BCUT2D eigenvalue weighted by Crippen LogP contribution is 2.60. The summed E-state index contributed by atoms with van der Waals surface area (Å²) in [5.74, 6) is -1.46. The number of nitrogens with one attached hydrogen (secondary N) is 2. The molecule has 1 saturated heterocycles. The number of benzene rings is 2. The monoisotopic (exact) mass is 493 g/mol. The lowest BCUT2D eigenvalue weighted by Gasteiger charge is -2.54. The van der Waals surface area contributed by atoms with Gasteiger partial charge in [0, 0.05) is 59.7 Å². The number of ether oxygens (including phenoxy) is 1. The van der Waals surface area contributed by atoms with Gasteiger partial charge in [0.25, 0.3) is 0 Å². The predicted molar refractivity (Wildman–Crippen MR) is 136 cm³/mol. The van der Waals surface area contributed by atoms with Crippen LogP contribution in [0.2, 0.25) is 0 Å². The summed E-state index contributed by atoms with van der Waals surface area (Å²) in [5.41, 5.74) is 4.94. The van der Waals surface area contributed by atoms with Crippen LogP contribution in [0.15, 0.2) is 42.6 Å². The Morgan fingerprint density at radius 3 is 2.61 bits per heavy atom. The molecule has 1 aromatic heterocycles. The van der Waals surface area contributed by atoms with Gasteiger partial charge < -0.3 is 15.0 Å². The number of methoxy groups -OCH3 is 1. The number of aromatic nitrogens is 1. The molecular formula is C29H33F2N3O2. The summed E-state index contributed by atoms with van der Waals surface area (Å²) >= 11 is 0. The van der Waals surface area contributed by atoms with Gasteiger partial charge in [0.15, 0.2) is 0 Å². The van der Waals surface area contributed by atoms with Crippen LogP contribution in [-0.4, -0.2) is 35.4 Å². The van der Waals surface area contributed by atoms with E-state index < -0.39 is 5.92 Å². The van der Waals surface area contributed by atoms with Gasteiger partial charge in [-0.15, -0.1) is 0 Å². The maximum Gasteiger partial charge on any atom is 0.249 e. The van der Waals surface area contributed by atoms with Crippen LogP contribution in [0.5, 0.6) is 5.75 Å². The highest BCUT2D eigenvalue weighted by molar-refractivity contribution is 5.94. The van der Waals surface area contributed by atoms with Crippen molar-refractivity contribution in [1.29, 1.82) is 0 Å². The van der Waals surface area contributed by atoms with Crippen LogP contribution in [0.25, 0.3) is 10.9 Å². The van der Waals surface area contributed by atoms with Gasteiger partial charge in [0.2, 0.25) is 11.8 Å². The van der Waals surface area contributed by atoms with Crippen molar-refractivity contribution >= 4 is 22.5 Å². The molecule has 2 heterocycles. The number of aryl methyl sites for hydroxylation is 1. The summed E-state index contributed by atoms with van der Waals surface area (Å²) < 4.78 is 33.8. The van der Waals surface area contributed by atoms with Crippen molar-refractivity contribution in [2.24, 2.45) is 11.3 Å². The number of H-pyrrole nitrogens is 1. The minimum absolute atomic E-state index is 0.0167. The third-order valence-electron chi connectivity index (χ3n) is 8.47. The van der Waals surface area contributed by atoms with Crippen molar-refractivity contribution in [2.45, 2.75) is 64.0 Å². The second-order valence-corrected chi connectivity index (χ2v) is 11.2. The SMILES string of the molecule is COc1cc(C)c2[nH]ccc2c1CN1CCC2(CC1c1ccc(NC(=O)C3CC3)cc1)CC(F)(F)C2. The first-order chi connectivity index (χ1) is 17.3. The zero-order valence-corrected chi connectivity index (χ0v) is 20.9. The molecule has 0 bridgehead atoms. The van der Waals surface area contributed by atoms with E-state index in [2.05, 4.69) is 34.3 Å². The fourth-order valence-corrected chi connectivity index (χ4v) is 6.43. The second-order valence-electron chi connectivity index (χ2n) is 11.2. The maximum atomic E-state index is 14.0. The molecule has 1 amide bonds. The van der Waals surface area contributed by atoms with Crippen LogP contribution < -0.4 is 10.1 Å². The number of piperidine rings is 1. The van der Waals surface area contributed by atoms with Crippen LogP contribution in [0.3, 0.4) is 0 Å². The highest BCUT2D eigenvalue weighted by atomic mass is 19.3. The number of likely N-dealkylation sites (tertiary alicyclic amines) is 1. The first kappa shape index (κ1) is 23.5. The van der Waals surface area contributed by atoms with E-state index in [1.165, 1.54) is 0 Å². The van der Waals surface area contributed by atoms with Crippen molar-refractivity contribution in [1.82, 2.24) is 9.88 Å². The van der Waals surface area contributed by atoms with E-state index in [1.54, 1.807) is 7.11 Å². The number of fused-ring (bicyclic) bond motifs is 1. The number of amides is 1. The maximum absolute atomic E-state index is 14.0. The van der Waals surface area contributed by atoms with E-state index >= 15 is 0 Å². The molecule has 36 heavy (non-hydrogen) atoms. The molecule has 6 rings (SSSR count). The summed E-state index contributed by atoms with van der Waals surface area (Å²) in [6.07, 6.45) is 5.33. The van der Waals surface area contributed by atoms with Crippen LogP contribution >= 0.6 is 0 Å². The second kappa shape index (κ2) is 8.58. The molecule has 3 aliphatic rings. The van der Waals surface area contributed by atoms with Gasteiger partial charge in [-0.1, -0.05) is 12.1 Å². The standard InChI is InChI=1S/C29H33F2N3O2/c1-18-13-25(36-2)23(22-9-11-32-26(18)22)15-34-12-10-28(16-29(30,31)17-28)14-24(34)19-5-7-21(8-6-19)33-27(35)20-3-4-20/h5-9,11,13,20,24,32H,3-4,10,12,14-17H2,1-2H3,(H,33,35). The molecule has 1 atom stereocenters. The smallest absolute Gasteiger partial charge is 0.249 e. The molecule has 1 spiro atoms. The Morgan fingerprint density at radius 2 is 1.94 bits per heavy atom. The summed E-state index contributed by atoms with van der Waals surface area (Å²) in [7, 11) is 1.70. The molecule has 1 unspecified atom stereocenters. The van der Waals surface area contributed by atoms with Crippen LogP contribution in [0.4, 0.5) is 14.5 Å². The van der Waals surface area contributed by atoms with Gasteiger partial charge in [-0.3, -0.25) is 9.69 Å². The van der Waals surface area contributed by atoms with Crippen LogP contribution in [0, 0.1) is 18.3 Å². The molecule has 3 fully saturated rings. The fraction of sp³-hybridized carbons (Fsp3) is 0.483. The number of rotatable bonds is 6. The average Bonchev–Trinajstić information content (AvgIpc) is 3.57. The van der Waals surface area contributed by atoms with Gasteiger partial charge >= 0.3 is 0 Å². The van der Waals surface area contributed by atoms with Crippen LogP contribution in [0.1, 0.15) is 61.3 Å². The summed E-state index contributed by atoms with van der Waals surface area (Å²) in [4.78, 5) is 17.9. The van der Waals surface area contributed by atoms with Crippen molar-refractivity contribution in [3.8, 4) is 5.75 Å². The molecule has 190 valence electrons. The van der Waals surface area contributed by atoms with Crippen molar-refractivity contribution in [2.75, 3.05) is 19.0 Å². The first-order valence-electron chi connectivity index (χ1n) is 12.9. The summed E-state index contributed by atoms with van der Waals surface area (Å²) in [5, 5.41) is 4.14. The number of halogens is 2. The highest BCUT2D eigenvalue weighted by Gasteiger charge is 2.58. The van der Waals surface area contributed by atoms with Crippen molar-refractivity contribution < 1.29 is 18.3 Å². The summed E-state index contributed by atoms with van der Waals surface area (Å²) in [6, 6.07) is 12.2. The summed E-state index contributed by atoms with van der Waals surface area (Å²) in [6.45, 7) is 3.50. The molecule has 0 radical (unpaired) electrons. The molecule has 3 aromatic rings. The lowest BCUT2D eigenvalue weighted by molar-refractivity contribution is -0.186. The Kier molecular flexibility index (Phi) is 5.59. The molecule has 2 aromatic carbocycles. The molecule has 2 saturated carbocycles. The predicted octanol–water partition coefficient (Wildman–Crippen LogP) is 6.59. The number of carbonyl (C=O) groups excluding carboxylic acids is 1. The number of hydrogen-bond donors (Lipinski definition) is 2.